The van der Waals surface area contributed by atoms with Crippen molar-refractivity contribution < 1.29 is 0 Å². The summed E-state index contributed by atoms with van der Waals surface area (Å²) >= 11 is 0. The Hall–Kier alpha value is -0.0400. The zero-order valence-electron chi connectivity index (χ0n) is 10.8. The van der Waals surface area contributed by atoms with Crippen molar-refractivity contribution in [2.45, 2.75) is 70.6 Å². The van der Waals surface area contributed by atoms with Crippen LogP contribution in [0.5, 0.6) is 0 Å². The third-order valence-corrected chi connectivity index (χ3v) is 4.63. The van der Waals surface area contributed by atoms with E-state index in [0.717, 1.165) is 11.8 Å². The summed E-state index contributed by atoms with van der Waals surface area (Å²) in [6.07, 6.45) is 16.4. The van der Waals surface area contributed by atoms with E-state index < -0.39 is 0 Å². The van der Waals surface area contributed by atoms with Gasteiger partial charge in [0, 0.05) is 0 Å². The molecule has 2 unspecified atom stereocenters. The van der Waals surface area contributed by atoms with Gasteiger partial charge in [-0.15, -0.1) is 0 Å². The van der Waals surface area contributed by atoms with Crippen molar-refractivity contribution in [3.63, 3.8) is 0 Å². The van der Waals surface area contributed by atoms with E-state index in [4.69, 9.17) is 0 Å². The van der Waals surface area contributed by atoms with Gasteiger partial charge in [0.05, 0.1) is 0 Å². The fraction of sp³-hybridized carbons (Fsp3) is 1.00. The molecule has 16 heavy (non-hydrogen) atoms. The maximum absolute atomic E-state index is 3.60. The van der Waals surface area contributed by atoms with Gasteiger partial charge in [-0.05, 0) is 37.8 Å². The molecule has 2 aliphatic rings. The van der Waals surface area contributed by atoms with Crippen LogP contribution in [0.15, 0.2) is 0 Å². The Balaban J connectivity index is 1.75. The molecule has 94 valence electrons. The largest absolute Gasteiger partial charge is 0.316 e. The van der Waals surface area contributed by atoms with Crippen molar-refractivity contribution in [2.24, 2.45) is 11.8 Å². The highest BCUT2D eigenvalue weighted by Gasteiger charge is 2.25. The monoisotopic (exact) mass is 223 g/mol. The van der Waals surface area contributed by atoms with Crippen LogP contribution in [-0.4, -0.2) is 13.1 Å². The van der Waals surface area contributed by atoms with Gasteiger partial charge in [-0.25, -0.2) is 0 Å². The highest BCUT2D eigenvalue weighted by atomic mass is 14.9. The molecule has 1 aliphatic heterocycles. The maximum atomic E-state index is 3.60. The summed E-state index contributed by atoms with van der Waals surface area (Å²) in [7, 11) is 0. The summed E-state index contributed by atoms with van der Waals surface area (Å²) in [6, 6.07) is 0. The molecule has 0 spiro atoms. The van der Waals surface area contributed by atoms with Gasteiger partial charge < -0.3 is 5.32 Å². The smallest absolute Gasteiger partial charge is 0.00173 e. The molecule has 1 N–H and O–H groups in total. The lowest BCUT2D eigenvalue weighted by atomic mass is 9.87. The Morgan fingerprint density at radius 2 is 0.875 bits per heavy atom. The minimum absolute atomic E-state index is 1.01. The zero-order valence-corrected chi connectivity index (χ0v) is 10.8. The van der Waals surface area contributed by atoms with Crippen LogP contribution in [0.3, 0.4) is 0 Å². The standard InChI is InChI=1S/C15H29N/c1-2-4-6-8-10-14-12-16-13-15(14)11-9-7-5-3-1/h14-16H,1-13H2. The molecule has 1 saturated heterocycles. The lowest BCUT2D eigenvalue weighted by molar-refractivity contribution is 0.349. The van der Waals surface area contributed by atoms with Crippen molar-refractivity contribution >= 4 is 0 Å². The predicted molar refractivity (Wildman–Crippen MR) is 70.6 cm³/mol. The van der Waals surface area contributed by atoms with Crippen LogP contribution < -0.4 is 5.32 Å². The summed E-state index contributed by atoms with van der Waals surface area (Å²) in [5.41, 5.74) is 0. The fourth-order valence-corrected chi connectivity index (χ4v) is 3.51. The molecule has 1 aliphatic carbocycles. The number of hydrogen-bond acceptors (Lipinski definition) is 1. The van der Waals surface area contributed by atoms with Gasteiger partial charge >= 0.3 is 0 Å². The third-order valence-electron chi connectivity index (χ3n) is 4.63. The van der Waals surface area contributed by atoms with Gasteiger partial charge in [0.15, 0.2) is 0 Å². The SMILES string of the molecule is C1CCCCCC2CNCC2CCCCC1. The molecule has 1 nitrogen and oxygen atoms in total. The van der Waals surface area contributed by atoms with Gasteiger partial charge in [-0.3, -0.25) is 0 Å². The fourth-order valence-electron chi connectivity index (χ4n) is 3.51. The molecule has 2 fully saturated rings. The van der Waals surface area contributed by atoms with E-state index in [1.54, 1.807) is 0 Å². The van der Waals surface area contributed by atoms with Crippen LogP contribution in [0.1, 0.15) is 70.6 Å². The Morgan fingerprint density at radius 1 is 0.500 bits per heavy atom. The van der Waals surface area contributed by atoms with Crippen LogP contribution in [-0.2, 0) is 0 Å². The van der Waals surface area contributed by atoms with Crippen molar-refractivity contribution in [3.05, 3.63) is 0 Å². The Labute approximate surface area is 101 Å². The van der Waals surface area contributed by atoms with Gasteiger partial charge in [0.2, 0.25) is 0 Å². The summed E-state index contributed by atoms with van der Waals surface area (Å²) < 4.78 is 0. The first-order valence-electron chi connectivity index (χ1n) is 7.67. The summed E-state index contributed by atoms with van der Waals surface area (Å²) in [5, 5.41) is 3.60. The Morgan fingerprint density at radius 3 is 1.31 bits per heavy atom. The van der Waals surface area contributed by atoms with Crippen LogP contribution in [0.25, 0.3) is 0 Å². The zero-order chi connectivity index (χ0) is 11.1. The van der Waals surface area contributed by atoms with E-state index in [1.165, 1.54) is 83.7 Å². The molecule has 1 heteroatoms. The maximum Gasteiger partial charge on any atom is -0.00173 e. The Kier molecular flexibility index (Phi) is 5.68. The lowest BCUT2D eigenvalue weighted by Crippen LogP contribution is -2.12. The molecule has 2 atom stereocenters. The first-order chi connectivity index (χ1) is 7.97. The van der Waals surface area contributed by atoms with Crippen molar-refractivity contribution in [1.82, 2.24) is 5.32 Å². The van der Waals surface area contributed by atoms with E-state index >= 15 is 0 Å². The molecule has 0 aromatic rings. The summed E-state index contributed by atoms with van der Waals surface area (Å²) in [5.74, 6) is 2.03. The molecule has 0 aromatic heterocycles. The molecule has 1 saturated carbocycles. The van der Waals surface area contributed by atoms with Gasteiger partial charge in [0.1, 0.15) is 0 Å². The quantitative estimate of drug-likeness (QED) is 0.651. The lowest BCUT2D eigenvalue weighted by Gasteiger charge is -2.18. The molecular formula is C15H29N. The normalized spacial score (nSPS) is 34.5. The van der Waals surface area contributed by atoms with Gasteiger partial charge in [-0.2, -0.15) is 0 Å². The average Bonchev–Trinajstić information content (AvgIpc) is 2.73. The van der Waals surface area contributed by atoms with Crippen LogP contribution in [0.2, 0.25) is 0 Å². The van der Waals surface area contributed by atoms with E-state index in [9.17, 15) is 0 Å². The van der Waals surface area contributed by atoms with Crippen molar-refractivity contribution in [3.8, 4) is 0 Å². The van der Waals surface area contributed by atoms with Crippen LogP contribution in [0, 0.1) is 11.8 Å². The third kappa shape index (κ3) is 4.08. The second-order valence-corrected chi connectivity index (χ2v) is 5.94. The molecular weight excluding hydrogens is 194 g/mol. The molecule has 0 bridgehead atoms. The Bertz CT molecular complexity index is 160. The highest BCUT2D eigenvalue weighted by molar-refractivity contribution is 4.81. The topological polar surface area (TPSA) is 12.0 Å². The van der Waals surface area contributed by atoms with E-state index in [1.807, 2.05) is 0 Å². The minimum atomic E-state index is 1.01. The number of fused-ring (bicyclic) bond motifs is 1. The first-order valence-corrected chi connectivity index (χ1v) is 7.67. The molecule has 0 aromatic carbocycles. The minimum Gasteiger partial charge on any atom is -0.316 e. The molecule has 0 radical (unpaired) electrons. The average molecular weight is 223 g/mol. The summed E-state index contributed by atoms with van der Waals surface area (Å²) in [4.78, 5) is 0. The molecule has 0 amide bonds. The number of hydrogen-bond donors (Lipinski definition) is 1. The predicted octanol–water partition coefficient (Wildman–Crippen LogP) is 4.13. The van der Waals surface area contributed by atoms with Crippen LogP contribution >= 0.6 is 0 Å². The first kappa shape index (κ1) is 12.4. The van der Waals surface area contributed by atoms with Crippen LogP contribution in [0.4, 0.5) is 0 Å². The van der Waals surface area contributed by atoms with Gasteiger partial charge in [0.25, 0.3) is 0 Å². The van der Waals surface area contributed by atoms with Crippen molar-refractivity contribution in [1.29, 1.82) is 0 Å². The highest BCUT2D eigenvalue weighted by Crippen LogP contribution is 2.28. The second kappa shape index (κ2) is 7.32. The number of nitrogens with one attached hydrogen (secondary N) is 1. The second-order valence-electron chi connectivity index (χ2n) is 5.94. The van der Waals surface area contributed by atoms with Crippen molar-refractivity contribution in [2.75, 3.05) is 13.1 Å². The van der Waals surface area contributed by atoms with E-state index in [-0.39, 0.29) is 0 Å². The van der Waals surface area contributed by atoms with E-state index in [0.29, 0.717) is 0 Å². The van der Waals surface area contributed by atoms with E-state index in [2.05, 4.69) is 5.32 Å². The van der Waals surface area contributed by atoms with Gasteiger partial charge in [-0.1, -0.05) is 57.8 Å². The number of rotatable bonds is 0. The molecule has 2 rings (SSSR count). The molecule has 1 heterocycles. The summed E-state index contributed by atoms with van der Waals surface area (Å²) in [6.45, 7) is 2.62.